The van der Waals surface area contributed by atoms with E-state index in [2.05, 4.69) is 0 Å². The fraction of sp³-hybridized carbons (Fsp3) is 0.294. The first-order valence-corrected chi connectivity index (χ1v) is 7.63. The second-order valence-electron chi connectivity index (χ2n) is 5.94. The number of amides is 2. The number of rotatable bonds is 3. The minimum Gasteiger partial charge on any atom is -0.456 e. The molecule has 1 aromatic rings. The average Bonchev–Trinajstić information content (AvgIpc) is 3.02. The molecule has 9 heteroatoms. The number of imide groups is 1. The second-order valence-corrected chi connectivity index (χ2v) is 5.94. The number of Topliss-reactive ketones (excluding diaryl/α,β-unsaturated/α-hetero) is 1. The number of carbonyl (C=O) groups excluding carboxylic acids is 4. The van der Waals surface area contributed by atoms with E-state index in [1.807, 2.05) is 0 Å². The summed E-state index contributed by atoms with van der Waals surface area (Å²) < 4.78 is 37.2. The molecule has 0 N–H and O–H groups in total. The van der Waals surface area contributed by atoms with Gasteiger partial charge in [0.2, 0.25) is 17.6 Å². The number of hydrogen-bond acceptors (Lipinski definition) is 6. The van der Waals surface area contributed by atoms with Crippen LogP contribution in [0.4, 0.5) is 8.78 Å². The number of benzene rings is 1. The van der Waals surface area contributed by atoms with Crippen molar-refractivity contribution in [1.29, 1.82) is 0 Å². The van der Waals surface area contributed by atoms with E-state index < -0.39 is 52.4 Å². The molecular formula is C17H13F2NO6. The SMILES string of the molecule is CC(=O)OC1=C(N2C(=O)CCC2=O)OC(C)(c2ccc(F)c(F)c2)C1=O. The van der Waals surface area contributed by atoms with Crippen LogP contribution < -0.4 is 0 Å². The molecule has 0 aromatic heterocycles. The first-order valence-electron chi connectivity index (χ1n) is 7.63. The Morgan fingerprint density at radius 2 is 1.77 bits per heavy atom. The fourth-order valence-corrected chi connectivity index (χ4v) is 2.77. The lowest BCUT2D eigenvalue weighted by molar-refractivity contribution is -0.144. The van der Waals surface area contributed by atoms with Crippen LogP contribution in [-0.2, 0) is 34.3 Å². The van der Waals surface area contributed by atoms with Crippen LogP contribution in [0, 0.1) is 11.6 Å². The molecule has 3 rings (SSSR count). The van der Waals surface area contributed by atoms with Crippen molar-refractivity contribution in [2.45, 2.75) is 32.3 Å². The number of esters is 1. The molecule has 0 radical (unpaired) electrons. The van der Waals surface area contributed by atoms with E-state index in [4.69, 9.17) is 9.47 Å². The van der Waals surface area contributed by atoms with Gasteiger partial charge in [-0.3, -0.25) is 19.2 Å². The van der Waals surface area contributed by atoms with Gasteiger partial charge in [0.1, 0.15) is 0 Å². The van der Waals surface area contributed by atoms with Crippen LogP contribution in [0.2, 0.25) is 0 Å². The maximum Gasteiger partial charge on any atom is 0.308 e. The molecule has 2 heterocycles. The predicted octanol–water partition coefficient (Wildman–Crippen LogP) is 1.66. The molecule has 0 spiro atoms. The summed E-state index contributed by atoms with van der Waals surface area (Å²) in [7, 11) is 0. The van der Waals surface area contributed by atoms with E-state index >= 15 is 0 Å². The molecule has 0 bridgehead atoms. The molecule has 1 saturated heterocycles. The smallest absolute Gasteiger partial charge is 0.308 e. The van der Waals surface area contributed by atoms with E-state index in [0.717, 1.165) is 25.1 Å². The summed E-state index contributed by atoms with van der Waals surface area (Å²) in [5.41, 5.74) is -1.97. The standard InChI is InChI=1S/C17H13F2NO6/c1-8(21)25-14-15(24)17(2,9-3-4-10(18)11(19)7-9)26-16(14)20-12(22)5-6-13(20)23/h3-4,7H,5-6H2,1-2H3. The van der Waals surface area contributed by atoms with E-state index in [1.54, 1.807) is 0 Å². The van der Waals surface area contributed by atoms with Crippen LogP contribution >= 0.6 is 0 Å². The summed E-state index contributed by atoms with van der Waals surface area (Å²) in [6, 6.07) is 2.69. The van der Waals surface area contributed by atoms with Crippen molar-refractivity contribution in [1.82, 2.24) is 4.90 Å². The van der Waals surface area contributed by atoms with E-state index in [-0.39, 0.29) is 18.4 Å². The van der Waals surface area contributed by atoms with E-state index in [0.29, 0.717) is 4.90 Å². The lowest BCUT2D eigenvalue weighted by Gasteiger charge is -2.25. The Morgan fingerprint density at radius 1 is 1.15 bits per heavy atom. The van der Waals surface area contributed by atoms with E-state index in [9.17, 15) is 28.0 Å². The van der Waals surface area contributed by atoms with Crippen LogP contribution in [0.25, 0.3) is 0 Å². The Kier molecular flexibility index (Phi) is 4.09. The van der Waals surface area contributed by atoms with Crippen molar-refractivity contribution in [2.24, 2.45) is 0 Å². The summed E-state index contributed by atoms with van der Waals surface area (Å²) in [6.45, 7) is 2.27. The van der Waals surface area contributed by atoms with Gasteiger partial charge in [-0.15, -0.1) is 0 Å². The lowest BCUT2D eigenvalue weighted by atomic mass is 9.91. The summed E-state index contributed by atoms with van der Waals surface area (Å²) in [6.07, 6.45) is -0.176. The first-order chi connectivity index (χ1) is 12.1. The monoisotopic (exact) mass is 365 g/mol. The normalized spacial score (nSPS) is 22.9. The lowest BCUT2D eigenvalue weighted by Crippen LogP contribution is -2.34. The van der Waals surface area contributed by atoms with Gasteiger partial charge in [-0.2, -0.15) is 0 Å². The van der Waals surface area contributed by atoms with Gasteiger partial charge in [-0.25, -0.2) is 13.7 Å². The highest BCUT2D eigenvalue weighted by atomic mass is 19.2. The van der Waals surface area contributed by atoms with Crippen molar-refractivity contribution >= 4 is 23.6 Å². The highest BCUT2D eigenvalue weighted by molar-refractivity contribution is 6.08. The minimum atomic E-state index is -1.90. The molecule has 2 aliphatic rings. The molecule has 1 unspecified atom stereocenters. The molecule has 1 aromatic carbocycles. The van der Waals surface area contributed by atoms with Crippen LogP contribution in [-0.4, -0.2) is 28.5 Å². The number of ether oxygens (including phenoxy) is 2. The third-order valence-corrected chi connectivity index (χ3v) is 4.11. The highest BCUT2D eigenvalue weighted by Crippen LogP contribution is 2.42. The molecule has 2 aliphatic heterocycles. The first kappa shape index (κ1) is 17.7. The van der Waals surface area contributed by atoms with Crippen molar-refractivity contribution in [3.05, 3.63) is 47.0 Å². The number of nitrogens with zero attached hydrogens (tertiary/aromatic N) is 1. The largest absolute Gasteiger partial charge is 0.456 e. The van der Waals surface area contributed by atoms with Gasteiger partial charge in [-0.1, -0.05) is 6.07 Å². The Labute approximate surface area is 146 Å². The molecule has 136 valence electrons. The summed E-state index contributed by atoms with van der Waals surface area (Å²) in [4.78, 5) is 48.8. The Morgan fingerprint density at radius 3 is 2.31 bits per heavy atom. The zero-order valence-corrected chi connectivity index (χ0v) is 13.8. The molecule has 26 heavy (non-hydrogen) atoms. The van der Waals surface area contributed by atoms with E-state index in [1.165, 1.54) is 6.92 Å². The summed E-state index contributed by atoms with van der Waals surface area (Å²) in [5.74, 6) is -6.52. The molecule has 0 saturated carbocycles. The number of ketones is 1. The van der Waals surface area contributed by atoms with Gasteiger partial charge in [-0.05, 0) is 19.1 Å². The van der Waals surface area contributed by atoms with Gasteiger partial charge < -0.3 is 9.47 Å². The number of carbonyl (C=O) groups is 4. The van der Waals surface area contributed by atoms with Crippen molar-refractivity contribution < 1.29 is 37.4 Å². The summed E-state index contributed by atoms with van der Waals surface area (Å²) >= 11 is 0. The topological polar surface area (TPSA) is 90.0 Å². The third kappa shape index (κ3) is 2.65. The number of hydrogen-bond donors (Lipinski definition) is 0. The maximum absolute atomic E-state index is 13.6. The maximum atomic E-state index is 13.6. The average molecular weight is 365 g/mol. The Balaban J connectivity index is 2.09. The Hall–Kier alpha value is -3.10. The fourth-order valence-electron chi connectivity index (χ4n) is 2.77. The summed E-state index contributed by atoms with van der Waals surface area (Å²) in [5, 5.41) is 0. The molecular weight excluding hydrogens is 352 g/mol. The van der Waals surface area contributed by atoms with Crippen molar-refractivity contribution in [3.63, 3.8) is 0 Å². The zero-order valence-electron chi connectivity index (χ0n) is 13.8. The molecule has 1 atom stereocenters. The quantitative estimate of drug-likeness (QED) is 0.598. The molecule has 2 amide bonds. The van der Waals surface area contributed by atoms with Crippen molar-refractivity contribution in [2.75, 3.05) is 0 Å². The zero-order chi connectivity index (χ0) is 19.2. The minimum absolute atomic E-state index is 0.0693. The van der Waals surface area contributed by atoms with Gasteiger partial charge in [0.15, 0.2) is 17.2 Å². The highest BCUT2D eigenvalue weighted by Gasteiger charge is 2.53. The number of likely N-dealkylation sites (tertiary alicyclic amines) is 1. The van der Waals surface area contributed by atoms with Crippen LogP contribution in [0.3, 0.4) is 0 Å². The third-order valence-electron chi connectivity index (χ3n) is 4.11. The van der Waals surface area contributed by atoms with Crippen LogP contribution in [0.5, 0.6) is 0 Å². The van der Waals surface area contributed by atoms with Crippen molar-refractivity contribution in [3.8, 4) is 0 Å². The Bertz CT molecular complexity index is 877. The van der Waals surface area contributed by atoms with Gasteiger partial charge >= 0.3 is 5.97 Å². The van der Waals surface area contributed by atoms with Gasteiger partial charge in [0, 0.05) is 25.3 Å². The second kappa shape index (κ2) is 6.01. The molecule has 7 nitrogen and oxygen atoms in total. The van der Waals surface area contributed by atoms with Gasteiger partial charge in [0.05, 0.1) is 0 Å². The molecule has 1 fully saturated rings. The van der Waals surface area contributed by atoms with Gasteiger partial charge in [0.25, 0.3) is 11.7 Å². The van der Waals surface area contributed by atoms with Crippen LogP contribution in [0.1, 0.15) is 32.3 Å². The number of halogens is 2. The van der Waals surface area contributed by atoms with Crippen LogP contribution in [0.15, 0.2) is 29.8 Å². The predicted molar refractivity (Wildman–Crippen MR) is 79.7 cm³/mol. The molecule has 0 aliphatic carbocycles.